The van der Waals surface area contributed by atoms with Crippen molar-refractivity contribution in [2.45, 2.75) is 32.2 Å². The van der Waals surface area contributed by atoms with Crippen molar-refractivity contribution < 1.29 is 19.1 Å². The van der Waals surface area contributed by atoms with Gasteiger partial charge in [0.2, 0.25) is 5.91 Å². The molecule has 1 aliphatic rings. The summed E-state index contributed by atoms with van der Waals surface area (Å²) < 4.78 is 10.5. The quantitative estimate of drug-likeness (QED) is 0.815. The zero-order chi connectivity index (χ0) is 20.8. The van der Waals surface area contributed by atoms with Crippen molar-refractivity contribution in [1.29, 1.82) is 0 Å². The second-order valence-corrected chi connectivity index (χ2v) is 7.37. The van der Waals surface area contributed by atoms with Gasteiger partial charge in [0, 0.05) is 24.7 Å². The van der Waals surface area contributed by atoms with Crippen LogP contribution in [0, 0.1) is 6.92 Å². The summed E-state index contributed by atoms with van der Waals surface area (Å²) in [5.74, 6) is 1.28. The Balaban J connectivity index is 1.49. The summed E-state index contributed by atoms with van der Waals surface area (Å²) in [6.45, 7) is 3.30. The number of hydrogen-bond acceptors (Lipinski definition) is 4. The predicted molar refractivity (Wildman–Crippen MR) is 111 cm³/mol. The van der Waals surface area contributed by atoms with Crippen molar-refractivity contribution in [2.24, 2.45) is 0 Å². The first-order chi connectivity index (χ1) is 14.0. The third kappa shape index (κ3) is 5.28. The number of hydrogen-bond donors (Lipinski definition) is 1. The van der Waals surface area contributed by atoms with Crippen LogP contribution in [0.4, 0.5) is 0 Å². The molecule has 154 valence electrons. The summed E-state index contributed by atoms with van der Waals surface area (Å²) in [7, 11) is 3.16. The van der Waals surface area contributed by atoms with E-state index < -0.39 is 0 Å². The third-order valence-corrected chi connectivity index (χ3v) is 5.26. The van der Waals surface area contributed by atoms with Crippen LogP contribution in [0.2, 0.25) is 0 Å². The van der Waals surface area contributed by atoms with Gasteiger partial charge in [0.1, 0.15) is 0 Å². The first kappa shape index (κ1) is 20.7. The Morgan fingerprint density at radius 1 is 1.00 bits per heavy atom. The number of benzene rings is 2. The van der Waals surface area contributed by atoms with E-state index in [1.54, 1.807) is 20.3 Å². The third-order valence-electron chi connectivity index (χ3n) is 5.26. The van der Waals surface area contributed by atoms with E-state index in [2.05, 4.69) is 5.32 Å². The van der Waals surface area contributed by atoms with Gasteiger partial charge in [0.25, 0.3) is 5.91 Å². The Morgan fingerprint density at radius 3 is 2.28 bits per heavy atom. The van der Waals surface area contributed by atoms with Crippen molar-refractivity contribution >= 4 is 11.8 Å². The summed E-state index contributed by atoms with van der Waals surface area (Å²) in [6.07, 6.45) is 1.80. The summed E-state index contributed by atoms with van der Waals surface area (Å²) >= 11 is 0. The predicted octanol–water partition coefficient (Wildman–Crippen LogP) is 2.98. The van der Waals surface area contributed by atoms with Gasteiger partial charge in [0.15, 0.2) is 11.5 Å². The Labute approximate surface area is 171 Å². The molecular formula is C23H28N2O4. The monoisotopic (exact) mass is 396 g/mol. The summed E-state index contributed by atoms with van der Waals surface area (Å²) in [6, 6.07) is 13.2. The number of nitrogens with one attached hydrogen (secondary N) is 1. The molecule has 0 spiro atoms. The number of carbonyl (C=O) groups is 2. The lowest BCUT2D eigenvalue weighted by Crippen LogP contribution is -2.46. The lowest BCUT2D eigenvalue weighted by Gasteiger charge is -2.32. The van der Waals surface area contributed by atoms with E-state index in [0.29, 0.717) is 30.2 Å². The van der Waals surface area contributed by atoms with Crippen LogP contribution in [-0.4, -0.2) is 50.1 Å². The number of nitrogens with zero attached hydrogens (tertiary/aromatic N) is 1. The van der Waals surface area contributed by atoms with E-state index in [-0.39, 0.29) is 24.3 Å². The molecule has 0 saturated carbocycles. The molecule has 1 fully saturated rings. The Kier molecular flexibility index (Phi) is 6.75. The molecule has 1 N–H and O–H groups in total. The van der Waals surface area contributed by atoms with Crippen molar-refractivity contribution in [3.05, 3.63) is 59.2 Å². The molecule has 0 unspecified atom stereocenters. The van der Waals surface area contributed by atoms with E-state index in [1.165, 1.54) is 0 Å². The molecule has 1 saturated heterocycles. The van der Waals surface area contributed by atoms with Crippen LogP contribution in [0.3, 0.4) is 0 Å². The number of piperidine rings is 1. The zero-order valence-corrected chi connectivity index (χ0v) is 17.2. The molecule has 29 heavy (non-hydrogen) atoms. The van der Waals surface area contributed by atoms with E-state index in [4.69, 9.17) is 9.47 Å². The van der Waals surface area contributed by atoms with E-state index >= 15 is 0 Å². The fourth-order valence-corrected chi connectivity index (χ4v) is 3.56. The summed E-state index contributed by atoms with van der Waals surface area (Å²) in [5.41, 5.74) is 2.72. The van der Waals surface area contributed by atoms with E-state index in [0.717, 1.165) is 24.0 Å². The number of ether oxygens (including phenoxy) is 2. The van der Waals surface area contributed by atoms with Gasteiger partial charge in [-0.3, -0.25) is 9.59 Å². The van der Waals surface area contributed by atoms with Crippen molar-refractivity contribution in [1.82, 2.24) is 10.2 Å². The molecule has 0 radical (unpaired) electrons. The van der Waals surface area contributed by atoms with Crippen LogP contribution in [0.1, 0.15) is 34.3 Å². The van der Waals surface area contributed by atoms with Gasteiger partial charge in [-0.05, 0) is 49.6 Å². The first-order valence-electron chi connectivity index (χ1n) is 9.86. The molecule has 3 rings (SSSR count). The molecule has 1 heterocycles. The maximum atomic E-state index is 12.6. The highest BCUT2D eigenvalue weighted by Crippen LogP contribution is 2.27. The molecular weight excluding hydrogens is 368 g/mol. The van der Waals surface area contributed by atoms with Crippen LogP contribution in [0.25, 0.3) is 0 Å². The Morgan fingerprint density at radius 2 is 1.66 bits per heavy atom. The topological polar surface area (TPSA) is 67.9 Å². The Hall–Kier alpha value is -3.02. The van der Waals surface area contributed by atoms with Crippen LogP contribution in [-0.2, 0) is 11.2 Å². The fourth-order valence-electron chi connectivity index (χ4n) is 3.56. The van der Waals surface area contributed by atoms with Crippen LogP contribution in [0.15, 0.2) is 42.5 Å². The van der Waals surface area contributed by atoms with Crippen LogP contribution < -0.4 is 14.8 Å². The lowest BCUT2D eigenvalue weighted by molar-refractivity contribution is -0.121. The highest BCUT2D eigenvalue weighted by Gasteiger charge is 2.24. The SMILES string of the molecule is COc1ccc(CC(=O)NC2CCN(C(=O)c3ccc(C)cc3)CC2)cc1OC. The van der Waals surface area contributed by atoms with E-state index in [1.807, 2.05) is 48.2 Å². The molecule has 0 bridgehead atoms. The normalized spacial score (nSPS) is 14.4. The molecule has 0 aliphatic carbocycles. The fraction of sp³-hybridized carbons (Fsp3) is 0.391. The number of methoxy groups -OCH3 is 2. The molecule has 1 aliphatic heterocycles. The van der Waals surface area contributed by atoms with Gasteiger partial charge in [-0.15, -0.1) is 0 Å². The summed E-state index contributed by atoms with van der Waals surface area (Å²) in [4.78, 5) is 26.9. The average Bonchev–Trinajstić information content (AvgIpc) is 2.74. The maximum Gasteiger partial charge on any atom is 0.253 e. The minimum Gasteiger partial charge on any atom is -0.493 e. The number of carbonyl (C=O) groups excluding carboxylic acids is 2. The molecule has 2 aromatic rings. The van der Waals surface area contributed by atoms with Crippen molar-refractivity contribution in [2.75, 3.05) is 27.3 Å². The molecule has 0 atom stereocenters. The minimum absolute atomic E-state index is 0.0273. The van der Waals surface area contributed by atoms with Gasteiger partial charge < -0.3 is 19.7 Å². The molecule has 2 amide bonds. The molecule has 6 nitrogen and oxygen atoms in total. The van der Waals surface area contributed by atoms with Crippen LogP contribution >= 0.6 is 0 Å². The Bertz CT molecular complexity index is 856. The minimum atomic E-state index is -0.0273. The number of rotatable bonds is 6. The maximum absolute atomic E-state index is 12.6. The largest absolute Gasteiger partial charge is 0.493 e. The second kappa shape index (κ2) is 9.45. The highest BCUT2D eigenvalue weighted by atomic mass is 16.5. The molecule has 0 aromatic heterocycles. The van der Waals surface area contributed by atoms with Gasteiger partial charge in [-0.2, -0.15) is 0 Å². The van der Waals surface area contributed by atoms with Crippen molar-refractivity contribution in [3.8, 4) is 11.5 Å². The van der Waals surface area contributed by atoms with Crippen LogP contribution in [0.5, 0.6) is 11.5 Å². The molecule has 2 aromatic carbocycles. The van der Waals surface area contributed by atoms with Gasteiger partial charge >= 0.3 is 0 Å². The number of aryl methyl sites for hydroxylation is 1. The van der Waals surface area contributed by atoms with Gasteiger partial charge in [-0.25, -0.2) is 0 Å². The van der Waals surface area contributed by atoms with Gasteiger partial charge in [0.05, 0.1) is 20.6 Å². The number of amides is 2. The number of likely N-dealkylation sites (tertiary alicyclic amines) is 1. The first-order valence-corrected chi connectivity index (χ1v) is 9.86. The standard InChI is InChI=1S/C23H28N2O4/c1-16-4-7-18(8-5-16)23(27)25-12-10-19(11-13-25)24-22(26)15-17-6-9-20(28-2)21(14-17)29-3/h4-9,14,19H,10-13,15H2,1-3H3,(H,24,26). The zero-order valence-electron chi connectivity index (χ0n) is 17.2. The molecule has 6 heteroatoms. The van der Waals surface area contributed by atoms with Gasteiger partial charge in [-0.1, -0.05) is 23.8 Å². The lowest BCUT2D eigenvalue weighted by atomic mass is 10.0. The second-order valence-electron chi connectivity index (χ2n) is 7.37. The average molecular weight is 396 g/mol. The highest BCUT2D eigenvalue weighted by molar-refractivity contribution is 5.94. The smallest absolute Gasteiger partial charge is 0.253 e. The van der Waals surface area contributed by atoms with Crippen molar-refractivity contribution in [3.63, 3.8) is 0 Å². The van der Waals surface area contributed by atoms with E-state index in [9.17, 15) is 9.59 Å². The summed E-state index contributed by atoms with van der Waals surface area (Å²) in [5, 5.41) is 3.09.